The highest BCUT2D eigenvalue weighted by atomic mass is 16.7. The number of hydroxylamine groups is 2. The lowest BCUT2D eigenvalue weighted by Gasteiger charge is -2.21. The van der Waals surface area contributed by atoms with E-state index >= 15 is 0 Å². The average Bonchev–Trinajstić information content (AvgIpc) is 2.42. The number of benzene rings is 1. The molecule has 0 bridgehead atoms. The van der Waals surface area contributed by atoms with Crippen LogP contribution in [0.4, 0.5) is 4.79 Å². The summed E-state index contributed by atoms with van der Waals surface area (Å²) in [5.41, 5.74) is 1.03. The summed E-state index contributed by atoms with van der Waals surface area (Å²) in [4.78, 5) is 28.5. The van der Waals surface area contributed by atoms with Crippen LogP contribution in [0.25, 0.3) is 0 Å². The molecule has 19 heavy (non-hydrogen) atoms. The summed E-state index contributed by atoms with van der Waals surface area (Å²) < 4.78 is 0. The first-order chi connectivity index (χ1) is 9.04. The Morgan fingerprint density at radius 1 is 1.26 bits per heavy atom. The topological polar surface area (TPSA) is 70.1 Å². The maximum absolute atomic E-state index is 11.6. The second-order valence-electron chi connectivity index (χ2n) is 4.01. The van der Waals surface area contributed by atoms with E-state index in [1.165, 1.54) is 14.2 Å². The van der Waals surface area contributed by atoms with Gasteiger partial charge in [0.15, 0.2) is 0 Å². The molecule has 0 saturated heterocycles. The molecule has 0 unspecified atom stereocenters. The van der Waals surface area contributed by atoms with Gasteiger partial charge in [-0.25, -0.2) is 9.86 Å². The molecule has 0 radical (unpaired) electrons. The van der Waals surface area contributed by atoms with Crippen LogP contribution in [0.3, 0.4) is 0 Å². The number of rotatable bonds is 6. The molecule has 0 aliphatic carbocycles. The van der Waals surface area contributed by atoms with Gasteiger partial charge in [0, 0.05) is 13.6 Å². The fourth-order valence-electron chi connectivity index (χ4n) is 1.52. The predicted octanol–water partition coefficient (Wildman–Crippen LogP) is 1.23. The van der Waals surface area contributed by atoms with Crippen LogP contribution < -0.4 is 0 Å². The number of carbonyl (C=O) groups excluding carboxylic acids is 1. The molecule has 1 aromatic carbocycles. The number of hydrogen-bond acceptors (Lipinski definition) is 3. The van der Waals surface area contributed by atoms with Crippen molar-refractivity contribution in [3.63, 3.8) is 0 Å². The smallest absolute Gasteiger partial charge is 0.407 e. The Labute approximate surface area is 112 Å². The molecule has 0 aromatic heterocycles. The summed E-state index contributed by atoms with van der Waals surface area (Å²) in [6.07, 6.45) is -0.550. The molecular weight excluding hydrogens is 248 g/mol. The van der Waals surface area contributed by atoms with E-state index in [2.05, 4.69) is 0 Å². The SMILES string of the molecule is CON(C)C(=O)CN(CCc1ccccc1)C(=O)O. The van der Waals surface area contributed by atoms with E-state index in [4.69, 9.17) is 9.94 Å². The van der Waals surface area contributed by atoms with Crippen LogP contribution in [0.15, 0.2) is 30.3 Å². The molecule has 0 saturated carbocycles. The number of likely N-dealkylation sites (N-methyl/N-ethyl adjacent to an activating group) is 1. The quantitative estimate of drug-likeness (QED) is 0.786. The van der Waals surface area contributed by atoms with E-state index in [0.29, 0.717) is 6.42 Å². The molecule has 104 valence electrons. The van der Waals surface area contributed by atoms with Gasteiger partial charge in [-0.05, 0) is 12.0 Å². The minimum atomic E-state index is -1.12. The zero-order valence-electron chi connectivity index (χ0n) is 11.1. The molecular formula is C13H18N2O4. The number of carboxylic acid groups (broad SMARTS) is 1. The second-order valence-corrected chi connectivity index (χ2v) is 4.01. The average molecular weight is 266 g/mol. The first-order valence-electron chi connectivity index (χ1n) is 5.87. The van der Waals surface area contributed by atoms with Gasteiger partial charge in [0.2, 0.25) is 0 Å². The van der Waals surface area contributed by atoms with Gasteiger partial charge in [-0.15, -0.1) is 0 Å². The maximum Gasteiger partial charge on any atom is 0.407 e. The summed E-state index contributed by atoms with van der Waals surface area (Å²) in [5.74, 6) is -0.405. The Morgan fingerprint density at radius 2 is 1.89 bits per heavy atom. The van der Waals surface area contributed by atoms with E-state index in [-0.39, 0.29) is 13.1 Å². The van der Waals surface area contributed by atoms with Crippen LogP contribution >= 0.6 is 0 Å². The fourth-order valence-corrected chi connectivity index (χ4v) is 1.52. The molecule has 1 aromatic rings. The molecule has 0 spiro atoms. The van der Waals surface area contributed by atoms with Crippen molar-refractivity contribution in [1.29, 1.82) is 0 Å². The molecule has 0 atom stereocenters. The van der Waals surface area contributed by atoms with Crippen LogP contribution in [0.1, 0.15) is 5.56 Å². The standard InChI is InChI=1S/C13H18N2O4/c1-14(19-2)12(16)10-15(13(17)18)9-8-11-6-4-3-5-7-11/h3-7H,8-10H2,1-2H3,(H,17,18). The summed E-state index contributed by atoms with van der Waals surface area (Å²) >= 11 is 0. The monoisotopic (exact) mass is 266 g/mol. The van der Waals surface area contributed by atoms with E-state index in [0.717, 1.165) is 15.5 Å². The van der Waals surface area contributed by atoms with E-state index < -0.39 is 12.0 Å². The predicted molar refractivity (Wildman–Crippen MR) is 69.5 cm³/mol. The molecule has 0 heterocycles. The number of nitrogens with zero attached hydrogens (tertiary/aromatic N) is 2. The molecule has 1 rings (SSSR count). The Balaban J connectivity index is 2.54. The van der Waals surface area contributed by atoms with Gasteiger partial charge in [0.05, 0.1) is 7.11 Å². The van der Waals surface area contributed by atoms with Crippen molar-refractivity contribution in [2.45, 2.75) is 6.42 Å². The van der Waals surface area contributed by atoms with Gasteiger partial charge < -0.3 is 5.11 Å². The first kappa shape index (κ1) is 15.0. The van der Waals surface area contributed by atoms with E-state index in [1.54, 1.807) is 0 Å². The van der Waals surface area contributed by atoms with Crippen molar-refractivity contribution in [3.8, 4) is 0 Å². The van der Waals surface area contributed by atoms with Gasteiger partial charge in [-0.1, -0.05) is 30.3 Å². The molecule has 6 heteroatoms. The lowest BCUT2D eigenvalue weighted by molar-refractivity contribution is -0.169. The van der Waals surface area contributed by atoms with Crippen molar-refractivity contribution in [2.24, 2.45) is 0 Å². The highest BCUT2D eigenvalue weighted by molar-refractivity contribution is 5.80. The largest absolute Gasteiger partial charge is 0.465 e. The van der Waals surface area contributed by atoms with Crippen molar-refractivity contribution in [2.75, 3.05) is 27.2 Å². The van der Waals surface area contributed by atoms with Gasteiger partial charge >= 0.3 is 6.09 Å². The van der Waals surface area contributed by atoms with Crippen LogP contribution in [-0.4, -0.2) is 54.3 Å². The molecule has 0 aliphatic rings. The zero-order chi connectivity index (χ0) is 14.3. The summed E-state index contributed by atoms with van der Waals surface area (Å²) in [6, 6.07) is 9.52. The normalized spacial score (nSPS) is 10.0. The highest BCUT2D eigenvalue weighted by Gasteiger charge is 2.18. The van der Waals surface area contributed by atoms with Gasteiger partial charge in [-0.2, -0.15) is 0 Å². The Kier molecular flexibility index (Phi) is 5.81. The summed E-state index contributed by atoms with van der Waals surface area (Å²) in [6.45, 7) is 0.0507. The van der Waals surface area contributed by atoms with Crippen molar-refractivity contribution in [1.82, 2.24) is 9.96 Å². The number of carbonyl (C=O) groups is 2. The summed E-state index contributed by atoms with van der Waals surface area (Å²) in [7, 11) is 2.80. The van der Waals surface area contributed by atoms with Gasteiger partial charge in [0.25, 0.3) is 5.91 Å². The molecule has 6 nitrogen and oxygen atoms in total. The minimum Gasteiger partial charge on any atom is -0.465 e. The Morgan fingerprint density at radius 3 is 2.42 bits per heavy atom. The van der Waals surface area contributed by atoms with E-state index in [1.807, 2.05) is 30.3 Å². The molecule has 1 N–H and O–H groups in total. The highest BCUT2D eigenvalue weighted by Crippen LogP contribution is 2.02. The Bertz CT molecular complexity index is 422. The van der Waals surface area contributed by atoms with Crippen molar-refractivity contribution >= 4 is 12.0 Å². The number of hydrogen-bond donors (Lipinski definition) is 1. The second kappa shape index (κ2) is 7.38. The third kappa shape index (κ3) is 4.97. The fraction of sp³-hybridized carbons (Fsp3) is 0.385. The minimum absolute atomic E-state index is 0.216. The van der Waals surface area contributed by atoms with Crippen LogP contribution in [0.5, 0.6) is 0 Å². The van der Waals surface area contributed by atoms with Gasteiger partial charge in [-0.3, -0.25) is 14.5 Å². The van der Waals surface area contributed by atoms with Crippen molar-refractivity contribution in [3.05, 3.63) is 35.9 Å². The van der Waals surface area contributed by atoms with Crippen LogP contribution in [-0.2, 0) is 16.1 Å². The van der Waals surface area contributed by atoms with Crippen LogP contribution in [0.2, 0.25) is 0 Å². The van der Waals surface area contributed by atoms with Crippen molar-refractivity contribution < 1.29 is 19.5 Å². The van der Waals surface area contributed by atoms with E-state index in [9.17, 15) is 9.59 Å². The summed E-state index contributed by atoms with van der Waals surface area (Å²) in [5, 5.41) is 10.1. The van der Waals surface area contributed by atoms with Crippen LogP contribution in [0, 0.1) is 0 Å². The third-order valence-electron chi connectivity index (χ3n) is 2.73. The van der Waals surface area contributed by atoms with Gasteiger partial charge in [0.1, 0.15) is 6.54 Å². The zero-order valence-corrected chi connectivity index (χ0v) is 11.1. The lowest BCUT2D eigenvalue weighted by Crippen LogP contribution is -2.41. The number of amides is 2. The first-order valence-corrected chi connectivity index (χ1v) is 5.87. The maximum atomic E-state index is 11.6. The third-order valence-corrected chi connectivity index (χ3v) is 2.73. The molecule has 2 amide bonds. The Hall–Kier alpha value is -2.08. The lowest BCUT2D eigenvalue weighted by atomic mass is 10.1. The molecule has 0 aliphatic heterocycles. The molecule has 0 fully saturated rings.